The lowest BCUT2D eigenvalue weighted by atomic mass is 10.0. The average molecular weight is 793 g/mol. The standard InChI is InChI=1S/C21H27F3N2O5.C19H28N2O4/c1-20(2,3)31-19(28)26(13-14-4-5-16-17(12-14)30-11-10-29-16)15-6-8-25(9-7-15)18(27)21(22,23)24;1-19(2,3)25-18(22)21(15-6-8-20-9-7-15)13-14-4-5-16-17(12-14)24-11-10-23-16/h4-5,12,15H,6-11,13H2,1-3H3;4-5,12,15,20H,6-11,13H2,1-3H3. The largest absolute Gasteiger partial charge is 0.486 e. The number of nitrogens with one attached hydrogen (secondary N) is 1. The van der Waals surface area contributed by atoms with Crippen LogP contribution in [0.3, 0.4) is 0 Å². The molecule has 4 aliphatic heterocycles. The second-order valence-corrected chi connectivity index (χ2v) is 16.2. The summed E-state index contributed by atoms with van der Waals surface area (Å²) in [6, 6.07) is 11.1. The molecule has 0 atom stereocenters. The van der Waals surface area contributed by atoms with Crippen molar-refractivity contribution in [1.29, 1.82) is 0 Å². The number of hydrogen-bond donors (Lipinski definition) is 1. The van der Waals surface area contributed by atoms with Crippen LogP contribution in [0.15, 0.2) is 36.4 Å². The Balaban J connectivity index is 0.000000219. The zero-order valence-corrected chi connectivity index (χ0v) is 33.2. The Labute approximate surface area is 326 Å². The van der Waals surface area contributed by atoms with Gasteiger partial charge in [0.15, 0.2) is 23.0 Å². The van der Waals surface area contributed by atoms with Crippen molar-refractivity contribution in [2.24, 2.45) is 0 Å². The minimum Gasteiger partial charge on any atom is -0.486 e. The van der Waals surface area contributed by atoms with Crippen LogP contribution >= 0.6 is 0 Å². The summed E-state index contributed by atoms with van der Waals surface area (Å²) >= 11 is 0. The fourth-order valence-corrected chi connectivity index (χ4v) is 6.77. The van der Waals surface area contributed by atoms with E-state index in [1.54, 1.807) is 32.9 Å². The summed E-state index contributed by atoms with van der Waals surface area (Å²) < 4.78 is 71.7. The molecule has 4 aliphatic rings. The number of hydrogen-bond acceptors (Lipinski definition) is 10. The van der Waals surface area contributed by atoms with E-state index in [-0.39, 0.29) is 50.7 Å². The summed E-state index contributed by atoms with van der Waals surface area (Å²) in [6.45, 7) is 15.4. The van der Waals surface area contributed by atoms with Crippen LogP contribution in [0.25, 0.3) is 0 Å². The highest BCUT2D eigenvalue weighted by Gasteiger charge is 2.44. The van der Waals surface area contributed by atoms with Crippen LogP contribution in [-0.4, -0.2) is 115 Å². The van der Waals surface area contributed by atoms with E-state index >= 15 is 0 Å². The molecule has 0 radical (unpaired) electrons. The molecule has 0 aromatic heterocycles. The Hall–Kier alpha value is -4.60. The molecule has 4 heterocycles. The van der Waals surface area contributed by atoms with E-state index in [0.717, 1.165) is 53.5 Å². The monoisotopic (exact) mass is 792 g/mol. The molecule has 56 heavy (non-hydrogen) atoms. The van der Waals surface area contributed by atoms with E-state index in [0.29, 0.717) is 44.5 Å². The number of fused-ring (bicyclic) bond motifs is 2. The van der Waals surface area contributed by atoms with Crippen molar-refractivity contribution < 1.29 is 56.0 Å². The Morgan fingerprint density at radius 1 is 0.661 bits per heavy atom. The van der Waals surface area contributed by atoms with E-state index in [1.165, 1.54) is 4.90 Å². The van der Waals surface area contributed by atoms with Crippen LogP contribution in [0.2, 0.25) is 0 Å². The molecule has 1 N–H and O–H groups in total. The molecule has 0 aliphatic carbocycles. The number of nitrogens with zero attached hydrogens (tertiary/aromatic N) is 3. The summed E-state index contributed by atoms with van der Waals surface area (Å²) in [6.07, 6.45) is -3.38. The van der Waals surface area contributed by atoms with Gasteiger partial charge < -0.3 is 48.4 Å². The normalized spacial score (nSPS) is 17.6. The molecular weight excluding hydrogens is 737 g/mol. The molecule has 0 bridgehead atoms. The summed E-state index contributed by atoms with van der Waals surface area (Å²) in [5, 5.41) is 3.35. The molecule has 3 amide bonds. The predicted octanol–water partition coefficient (Wildman–Crippen LogP) is 6.70. The summed E-state index contributed by atoms with van der Waals surface area (Å²) in [5.41, 5.74) is 0.571. The molecule has 0 unspecified atom stereocenters. The maximum absolute atomic E-state index is 12.9. The van der Waals surface area contributed by atoms with Crippen molar-refractivity contribution in [3.63, 3.8) is 0 Å². The topological polar surface area (TPSA) is 128 Å². The van der Waals surface area contributed by atoms with E-state index < -0.39 is 29.4 Å². The molecule has 310 valence electrons. The number of halogens is 3. The molecule has 6 rings (SSSR count). The highest BCUT2D eigenvalue weighted by molar-refractivity contribution is 5.82. The van der Waals surface area contributed by atoms with Crippen LogP contribution < -0.4 is 24.3 Å². The summed E-state index contributed by atoms with van der Waals surface area (Å²) in [7, 11) is 0. The predicted molar refractivity (Wildman–Crippen MR) is 200 cm³/mol. The zero-order valence-electron chi connectivity index (χ0n) is 33.2. The first-order valence-corrected chi connectivity index (χ1v) is 19.2. The van der Waals surface area contributed by atoms with Gasteiger partial charge in [0.05, 0.1) is 0 Å². The lowest BCUT2D eigenvalue weighted by Crippen LogP contribution is -2.51. The van der Waals surface area contributed by atoms with E-state index in [2.05, 4.69) is 5.32 Å². The first-order chi connectivity index (χ1) is 26.4. The van der Waals surface area contributed by atoms with Gasteiger partial charge in [-0.2, -0.15) is 13.2 Å². The van der Waals surface area contributed by atoms with Crippen molar-refractivity contribution >= 4 is 18.1 Å². The van der Waals surface area contributed by atoms with Crippen LogP contribution in [0.4, 0.5) is 22.8 Å². The van der Waals surface area contributed by atoms with E-state index in [1.807, 2.05) is 49.9 Å². The minimum atomic E-state index is -4.90. The smallest absolute Gasteiger partial charge is 0.471 e. The number of alkyl halides is 3. The average Bonchev–Trinajstić information content (AvgIpc) is 3.14. The van der Waals surface area contributed by atoms with Gasteiger partial charge in [0.2, 0.25) is 0 Å². The molecule has 2 aromatic rings. The fraction of sp³-hybridized carbons (Fsp3) is 0.625. The molecule has 0 saturated carbocycles. The van der Waals surface area contributed by atoms with Crippen LogP contribution in [0.1, 0.15) is 78.4 Å². The number of likely N-dealkylation sites (tertiary alicyclic amines) is 1. The first-order valence-electron chi connectivity index (χ1n) is 19.2. The third kappa shape index (κ3) is 12.2. The highest BCUT2D eigenvalue weighted by Crippen LogP contribution is 2.34. The zero-order chi connectivity index (χ0) is 40.7. The van der Waals surface area contributed by atoms with Crippen LogP contribution in [0.5, 0.6) is 23.0 Å². The van der Waals surface area contributed by atoms with Crippen molar-refractivity contribution in [2.75, 3.05) is 52.6 Å². The molecule has 0 spiro atoms. The van der Waals surface area contributed by atoms with Gasteiger partial charge >= 0.3 is 24.3 Å². The second kappa shape index (κ2) is 18.1. The van der Waals surface area contributed by atoms with Crippen molar-refractivity contribution in [3.05, 3.63) is 47.5 Å². The van der Waals surface area contributed by atoms with Gasteiger partial charge in [0.25, 0.3) is 0 Å². The van der Waals surface area contributed by atoms with Crippen molar-refractivity contribution in [1.82, 2.24) is 20.0 Å². The van der Waals surface area contributed by atoms with Crippen molar-refractivity contribution in [3.8, 4) is 23.0 Å². The lowest BCUT2D eigenvalue weighted by molar-refractivity contribution is -0.186. The number of piperidine rings is 2. The van der Waals surface area contributed by atoms with Gasteiger partial charge in [-0.3, -0.25) is 4.79 Å². The molecule has 2 aromatic carbocycles. The van der Waals surface area contributed by atoms with Crippen molar-refractivity contribution in [2.45, 2.75) is 110 Å². The third-order valence-corrected chi connectivity index (χ3v) is 9.36. The number of rotatable bonds is 6. The van der Waals surface area contributed by atoms with Gasteiger partial charge in [-0.1, -0.05) is 12.1 Å². The number of ether oxygens (including phenoxy) is 6. The Bertz CT molecular complexity index is 1660. The molecule has 2 fully saturated rings. The maximum Gasteiger partial charge on any atom is 0.471 e. The molecular formula is C40H55F3N4O9. The van der Waals surface area contributed by atoms with Gasteiger partial charge in [-0.05, 0) is 116 Å². The third-order valence-electron chi connectivity index (χ3n) is 9.36. The fourth-order valence-electron chi connectivity index (χ4n) is 6.77. The quantitative estimate of drug-likeness (QED) is 0.338. The van der Waals surface area contributed by atoms with Gasteiger partial charge in [-0.25, -0.2) is 9.59 Å². The highest BCUT2D eigenvalue weighted by atomic mass is 19.4. The first kappa shape index (κ1) is 42.5. The van der Waals surface area contributed by atoms with Gasteiger partial charge in [-0.15, -0.1) is 0 Å². The van der Waals surface area contributed by atoms with Crippen LogP contribution in [0, 0.1) is 0 Å². The molecule has 13 nitrogen and oxygen atoms in total. The van der Waals surface area contributed by atoms with Gasteiger partial charge in [0, 0.05) is 38.3 Å². The van der Waals surface area contributed by atoms with E-state index in [4.69, 9.17) is 28.4 Å². The summed E-state index contributed by atoms with van der Waals surface area (Å²) in [5.74, 6) is 0.872. The maximum atomic E-state index is 12.9. The lowest BCUT2D eigenvalue weighted by Gasteiger charge is -2.39. The second-order valence-electron chi connectivity index (χ2n) is 16.2. The van der Waals surface area contributed by atoms with Gasteiger partial charge in [0.1, 0.15) is 37.6 Å². The number of amides is 3. The number of carbonyl (C=O) groups excluding carboxylic acids is 3. The van der Waals surface area contributed by atoms with Crippen LogP contribution in [-0.2, 0) is 27.4 Å². The molecule has 2 saturated heterocycles. The number of carbonyl (C=O) groups is 3. The SMILES string of the molecule is CC(C)(C)OC(=O)N(Cc1ccc2c(c1)OCCO2)C1CCN(C(=O)C(F)(F)F)CC1.CC(C)(C)OC(=O)N(Cc1ccc2c(c1)OCCO2)C1CCNCC1. The summed E-state index contributed by atoms with van der Waals surface area (Å²) in [4.78, 5) is 41.4. The minimum absolute atomic E-state index is 0.0799. The Morgan fingerprint density at radius 3 is 1.45 bits per heavy atom. The molecule has 16 heteroatoms. The Morgan fingerprint density at radius 2 is 1.05 bits per heavy atom. The Kier molecular flexibility index (Phi) is 13.8. The van der Waals surface area contributed by atoms with E-state index in [9.17, 15) is 27.6 Å². The number of benzene rings is 2.